The van der Waals surface area contributed by atoms with Crippen LogP contribution >= 0.6 is 12.4 Å². The van der Waals surface area contributed by atoms with E-state index in [-0.39, 0.29) is 12.4 Å². The molecule has 0 radical (unpaired) electrons. The lowest BCUT2D eigenvalue weighted by Crippen LogP contribution is -2.47. The highest BCUT2D eigenvalue weighted by Gasteiger charge is 2.50. The van der Waals surface area contributed by atoms with E-state index < -0.39 is 0 Å². The van der Waals surface area contributed by atoms with E-state index in [0.717, 1.165) is 23.2 Å². The topological polar surface area (TPSA) is 3.24 Å². The maximum Gasteiger partial charge on any atom is -0.00134 e. The number of nitrogens with zero attached hydrogens (tertiary/aromatic N) is 1. The Bertz CT molecular complexity index is 284. The van der Waals surface area contributed by atoms with Crippen LogP contribution in [-0.2, 0) is 0 Å². The van der Waals surface area contributed by atoms with Crippen LogP contribution in [0.25, 0.3) is 0 Å². The van der Waals surface area contributed by atoms with Crippen molar-refractivity contribution in [3.8, 4) is 0 Å². The average Bonchev–Trinajstić information content (AvgIpc) is 2.45. The third kappa shape index (κ3) is 4.41. The molecule has 22 heavy (non-hydrogen) atoms. The molecule has 0 aromatic heterocycles. The van der Waals surface area contributed by atoms with Gasteiger partial charge in [-0.2, -0.15) is 0 Å². The molecule has 0 N–H and O–H groups in total. The van der Waals surface area contributed by atoms with E-state index in [0.29, 0.717) is 0 Å². The zero-order valence-electron chi connectivity index (χ0n) is 15.0. The highest BCUT2D eigenvalue weighted by Crippen LogP contribution is 2.61. The van der Waals surface area contributed by atoms with E-state index in [9.17, 15) is 0 Å². The predicted molar refractivity (Wildman–Crippen MR) is 98.7 cm³/mol. The van der Waals surface area contributed by atoms with Gasteiger partial charge < -0.3 is 4.90 Å². The number of rotatable bonds is 9. The van der Waals surface area contributed by atoms with Crippen LogP contribution in [0.4, 0.5) is 0 Å². The fourth-order valence-electron chi connectivity index (χ4n) is 6.09. The molecule has 0 spiro atoms. The van der Waals surface area contributed by atoms with Gasteiger partial charge in [0.15, 0.2) is 0 Å². The Kier molecular flexibility index (Phi) is 7.08. The first kappa shape index (κ1) is 18.6. The number of halogens is 1. The van der Waals surface area contributed by atoms with Crippen molar-refractivity contribution in [3.63, 3.8) is 0 Å². The van der Waals surface area contributed by atoms with Crippen molar-refractivity contribution in [2.24, 2.45) is 23.2 Å². The van der Waals surface area contributed by atoms with Crippen LogP contribution in [0.2, 0.25) is 0 Å². The third-order valence-electron chi connectivity index (χ3n) is 6.78. The van der Waals surface area contributed by atoms with Gasteiger partial charge >= 0.3 is 0 Å². The molecular weight excluding hydrogens is 290 g/mol. The summed E-state index contributed by atoms with van der Waals surface area (Å²) in [4.78, 5) is 2.80. The Balaban J connectivity index is 0.00000176. The zero-order valence-corrected chi connectivity index (χ0v) is 15.8. The predicted octanol–water partition coefficient (Wildman–Crippen LogP) is 5.92. The highest BCUT2D eigenvalue weighted by molar-refractivity contribution is 5.85. The monoisotopic (exact) mass is 327 g/mol. The summed E-state index contributed by atoms with van der Waals surface area (Å²) >= 11 is 0. The minimum atomic E-state index is 0. The number of hydrogen-bond donors (Lipinski definition) is 0. The molecule has 0 atom stereocenters. The Hall–Kier alpha value is 0.250. The molecule has 4 aliphatic carbocycles. The van der Waals surface area contributed by atoms with Crippen molar-refractivity contribution in [3.05, 3.63) is 0 Å². The largest absolute Gasteiger partial charge is 0.303 e. The van der Waals surface area contributed by atoms with Crippen molar-refractivity contribution in [1.82, 2.24) is 4.90 Å². The summed E-state index contributed by atoms with van der Waals surface area (Å²) in [7, 11) is 0. The first-order valence-corrected chi connectivity index (χ1v) is 9.95. The number of hydrogen-bond acceptors (Lipinski definition) is 1. The summed E-state index contributed by atoms with van der Waals surface area (Å²) in [6, 6.07) is 0. The second-order valence-electron chi connectivity index (χ2n) is 8.72. The minimum Gasteiger partial charge on any atom is -0.303 e. The Morgan fingerprint density at radius 2 is 1.23 bits per heavy atom. The lowest BCUT2D eigenvalue weighted by Gasteiger charge is -2.57. The van der Waals surface area contributed by atoms with Crippen LogP contribution in [0.15, 0.2) is 0 Å². The summed E-state index contributed by atoms with van der Waals surface area (Å²) in [5.41, 5.74) is 0.783. The molecule has 4 rings (SSSR count). The molecule has 4 bridgehead atoms. The second-order valence-corrected chi connectivity index (χ2v) is 8.72. The molecule has 0 unspecified atom stereocenters. The van der Waals surface area contributed by atoms with E-state index in [4.69, 9.17) is 0 Å². The summed E-state index contributed by atoms with van der Waals surface area (Å²) in [5, 5.41) is 0. The summed E-state index contributed by atoms with van der Waals surface area (Å²) in [6.45, 7) is 8.76. The lowest BCUT2D eigenvalue weighted by atomic mass is 9.49. The van der Waals surface area contributed by atoms with Crippen LogP contribution in [0.5, 0.6) is 0 Å². The molecule has 4 saturated carbocycles. The molecule has 0 aromatic rings. The Morgan fingerprint density at radius 3 is 1.64 bits per heavy atom. The smallest absolute Gasteiger partial charge is 0.00134 e. The normalized spacial score (nSPS) is 35.9. The van der Waals surface area contributed by atoms with E-state index in [1.807, 2.05) is 0 Å². The molecule has 130 valence electrons. The van der Waals surface area contributed by atoms with Gasteiger partial charge in [0.05, 0.1) is 0 Å². The summed E-state index contributed by atoms with van der Waals surface area (Å²) in [5.74, 6) is 3.36. The van der Waals surface area contributed by atoms with Crippen LogP contribution in [0, 0.1) is 23.2 Å². The second kappa shape index (κ2) is 8.38. The van der Waals surface area contributed by atoms with Gasteiger partial charge in [-0.05, 0) is 101 Å². The average molecular weight is 328 g/mol. The maximum absolute atomic E-state index is 2.80. The first-order valence-electron chi connectivity index (χ1n) is 9.95. The minimum absolute atomic E-state index is 0. The van der Waals surface area contributed by atoms with Crippen molar-refractivity contribution in [2.45, 2.75) is 84.5 Å². The molecule has 0 aliphatic heterocycles. The van der Waals surface area contributed by atoms with Crippen LogP contribution in [0.3, 0.4) is 0 Å². The van der Waals surface area contributed by atoms with Crippen molar-refractivity contribution < 1.29 is 0 Å². The lowest BCUT2D eigenvalue weighted by molar-refractivity contribution is -0.0610. The Labute approximate surface area is 145 Å². The highest BCUT2D eigenvalue weighted by atomic mass is 35.5. The van der Waals surface area contributed by atoms with Gasteiger partial charge in [-0.3, -0.25) is 0 Å². The SMILES string of the molecule is CCCCN(CCCC)CCC12CC3CC(CC(C3)C1)C2.Cl. The van der Waals surface area contributed by atoms with Gasteiger partial charge in [0.2, 0.25) is 0 Å². The van der Waals surface area contributed by atoms with Crippen LogP contribution in [0.1, 0.15) is 84.5 Å². The third-order valence-corrected chi connectivity index (χ3v) is 6.78. The van der Waals surface area contributed by atoms with Gasteiger partial charge in [0.1, 0.15) is 0 Å². The molecule has 4 fully saturated rings. The van der Waals surface area contributed by atoms with Gasteiger partial charge in [-0.15, -0.1) is 12.4 Å². The van der Waals surface area contributed by atoms with Crippen molar-refractivity contribution >= 4 is 12.4 Å². The molecule has 0 saturated heterocycles. The molecular formula is C20H38ClN. The van der Waals surface area contributed by atoms with Gasteiger partial charge in [-0.1, -0.05) is 26.7 Å². The molecule has 1 nitrogen and oxygen atoms in total. The van der Waals surface area contributed by atoms with Crippen molar-refractivity contribution in [1.29, 1.82) is 0 Å². The van der Waals surface area contributed by atoms with E-state index in [2.05, 4.69) is 18.7 Å². The van der Waals surface area contributed by atoms with Crippen LogP contribution < -0.4 is 0 Å². The van der Waals surface area contributed by atoms with E-state index in [1.54, 1.807) is 38.5 Å². The standard InChI is InChI=1S/C20H37N.ClH/c1-3-5-8-21(9-6-4-2)10-7-20-14-17-11-18(15-20)13-19(12-17)16-20;/h17-19H,3-16H2,1-2H3;1H. The number of unbranched alkanes of at least 4 members (excludes halogenated alkanes) is 2. The fraction of sp³-hybridized carbons (Fsp3) is 1.00. The quantitative estimate of drug-likeness (QED) is 0.508. The molecule has 0 aromatic carbocycles. The van der Waals surface area contributed by atoms with Gasteiger partial charge in [-0.25, -0.2) is 0 Å². The molecule has 0 amide bonds. The maximum atomic E-state index is 2.80. The van der Waals surface area contributed by atoms with E-state index in [1.165, 1.54) is 51.7 Å². The van der Waals surface area contributed by atoms with E-state index >= 15 is 0 Å². The summed E-state index contributed by atoms with van der Waals surface area (Å²) in [6.07, 6.45) is 16.5. The molecule has 0 heterocycles. The van der Waals surface area contributed by atoms with Crippen molar-refractivity contribution in [2.75, 3.05) is 19.6 Å². The van der Waals surface area contributed by atoms with Gasteiger partial charge in [0, 0.05) is 0 Å². The summed E-state index contributed by atoms with van der Waals surface area (Å²) < 4.78 is 0. The Morgan fingerprint density at radius 1 is 0.773 bits per heavy atom. The molecule has 2 heteroatoms. The molecule has 4 aliphatic rings. The van der Waals surface area contributed by atoms with Crippen LogP contribution in [-0.4, -0.2) is 24.5 Å². The first-order chi connectivity index (χ1) is 10.2. The van der Waals surface area contributed by atoms with Gasteiger partial charge in [0.25, 0.3) is 0 Å². The fourth-order valence-corrected chi connectivity index (χ4v) is 6.09. The zero-order chi connectivity index (χ0) is 14.7.